The summed E-state index contributed by atoms with van der Waals surface area (Å²) >= 11 is 0. The average Bonchev–Trinajstić information content (AvgIpc) is 2.87. The van der Waals surface area contributed by atoms with Crippen LogP contribution in [0.3, 0.4) is 0 Å². The standard InChI is InChI=1S/C26H26N2O6S/c1-18-8-14-21(15-9-18)35(31,32)27(2)20-12-10-19(11-13-20)16-25(29)28-17-24(26(30)33-3)34-23-7-5-4-6-22(23)28/h4-15,24H,16-17H2,1-3H3. The predicted octanol–water partition coefficient (Wildman–Crippen LogP) is 3.33. The van der Waals surface area contributed by atoms with Gasteiger partial charge in [0, 0.05) is 7.05 Å². The van der Waals surface area contributed by atoms with Gasteiger partial charge in [-0.05, 0) is 48.9 Å². The minimum Gasteiger partial charge on any atom is -0.475 e. The lowest BCUT2D eigenvalue weighted by Gasteiger charge is -2.33. The number of methoxy groups -OCH3 is 1. The van der Waals surface area contributed by atoms with E-state index in [-0.39, 0.29) is 23.8 Å². The largest absolute Gasteiger partial charge is 0.475 e. The Morgan fingerprint density at radius 2 is 1.69 bits per heavy atom. The third-order valence-corrected chi connectivity index (χ3v) is 7.67. The van der Waals surface area contributed by atoms with E-state index in [0.29, 0.717) is 22.7 Å². The van der Waals surface area contributed by atoms with E-state index in [1.165, 1.54) is 23.4 Å². The van der Waals surface area contributed by atoms with Crippen LogP contribution in [0.5, 0.6) is 5.75 Å². The maximum Gasteiger partial charge on any atom is 0.348 e. The number of anilines is 2. The van der Waals surface area contributed by atoms with Crippen molar-refractivity contribution < 1.29 is 27.5 Å². The second-order valence-corrected chi connectivity index (χ2v) is 10.2. The number of sulfonamides is 1. The van der Waals surface area contributed by atoms with E-state index in [1.807, 2.05) is 6.92 Å². The molecule has 0 spiro atoms. The molecule has 8 nitrogen and oxygen atoms in total. The number of nitrogens with zero attached hydrogens (tertiary/aromatic N) is 2. The monoisotopic (exact) mass is 494 g/mol. The molecule has 182 valence electrons. The number of amides is 1. The zero-order chi connectivity index (χ0) is 25.2. The third-order valence-electron chi connectivity index (χ3n) is 5.87. The molecular weight excluding hydrogens is 468 g/mol. The number of carbonyl (C=O) groups excluding carboxylic acids is 2. The molecule has 0 aromatic heterocycles. The van der Waals surface area contributed by atoms with E-state index >= 15 is 0 Å². The SMILES string of the molecule is COC(=O)C1CN(C(=O)Cc2ccc(N(C)S(=O)(=O)c3ccc(C)cc3)cc2)c2ccccc2O1. The molecule has 9 heteroatoms. The fourth-order valence-corrected chi connectivity index (χ4v) is 5.02. The summed E-state index contributed by atoms with van der Waals surface area (Å²) in [7, 11) is -0.945. The second-order valence-electron chi connectivity index (χ2n) is 8.23. The molecule has 1 unspecified atom stereocenters. The molecule has 1 aliphatic heterocycles. The Labute approximate surface area is 204 Å². The highest BCUT2D eigenvalue weighted by atomic mass is 32.2. The Bertz CT molecular complexity index is 1340. The van der Waals surface area contributed by atoms with Gasteiger partial charge in [0.2, 0.25) is 12.0 Å². The number of benzene rings is 3. The number of para-hydroxylation sites is 2. The molecule has 1 heterocycles. The lowest BCUT2D eigenvalue weighted by atomic mass is 10.1. The molecule has 1 amide bonds. The van der Waals surface area contributed by atoms with E-state index < -0.39 is 22.1 Å². The first-order chi connectivity index (χ1) is 16.7. The van der Waals surface area contributed by atoms with Crippen LogP contribution in [0, 0.1) is 6.92 Å². The number of aryl methyl sites for hydroxylation is 1. The first-order valence-corrected chi connectivity index (χ1v) is 12.4. The number of hydrogen-bond donors (Lipinski definition) is 0. The van der Waals surface area contributed by atoms with E-state index in [1.54, 1.807) is 72.8 Å². The molecule has 35 heavy (non-hydrogen) atoms. The molecule has 3 aromatic carbocycles. The van der Waals surface area contributed by atoms with E-state index in [4.69, 9.17) is 9.47 Å². The van der Waals surface area contributed by atoms with Crippen LogP contribution in [-0.4, -0.2) is 47.1 Å². The van der Waals surface area contributed by atoms with Crippen LogP contribution < -0.4 is 13.9 Å². The fourth-order valence-electron chi connectivity index (χ4n) is 3.83. The summed E-state index contributed by atoms with van der Waals surface area (Å²) in [6.07, 6.45) is -0.849. The van der Waals surface area contributed by atoms with Gasteiger partial charge in [-0.2, -0.15) is 0 Å². The van der Waals surface area contributed by atoms with E-state index in [0.717, 1.165) is 5.56 Å². The summed E-state index contributed by atoms with van der Waals surface area (Å²) in [4.78, 5) is 27.0. The fraction of sp³-hybridized carbons (Fsp3) is 0.231. The van der Waals surface area contributed by atoms with Crippen LogP contribution in [0.4, 0.5) is 11.4 Å². The Morgan fingerprint density at radius 3 is 2.34 bits per heavy atom. The summed E-state index contributed by atoms with van der Waals surface area (Å²) in [5.41, 5.74) is 2.74. The smallest absolute Gasteiger partial charge is 0.348 e. The van der Waals surface area contributed by atoms with Crippen molar-refractivity contribution in [2.45, 2.75) is 24.3 Å². The normalized spacial score (nSPS) is 15.1. The number of fused-ring (bicyclic) bond motifs is 1. The van der Waals surface area contributed by atoms with Crippen LogP contribution in [0.15, 0.2) is 77.7 Å². The van der Waals surface area contributed by atoms with Crippen molar-refractivity contribution in [1.82, 2.24) is 0 Å². The first kappa shape index (κ1) is 24.3. The van der Waals surface area contributed by atoms with Gasteiger partial charge >= 0.3 is 5.97 Å². The molecule has 0 fully saturated rings. The summed E-state index contributed by atoms with van der Waals surface area (Å²) < 4.78 is 37.6. The predicted molar refractivity (Wildman–Crippen MR) is 132 cm³/mol. The molecule has 0 bridgehead atoms. The summed E-state index contributed by atoms with van der Waals surface area (Å²) in [5, 5.41) is 0. The summed E-state index contributed by atoms with van der Waals surface area (Å²) in [6.45, 7) is 1.93. The topological polar surface area (TPSA) is 93.2 Å². The van der Waals surface area contributed by atoms with Gasteiger partial charge in [-0.15, -0.1) is 0 Å². The minimum absolute atomic E-state index is 0.0398. The lowest BCUT2D eigenvalue weighted by Crippen LogP contribution is -2.48. The molecule has 0 saturated heterocycles. The van der Waals surface area contributed by atoms with Crippen LogP contribution in [0.25, 0.3) is 0 Å². The molecule has 0 N–H and O–H groups in total. The first-order valence-electron chi connectivity index (χ1n) is 11.0. The second kappa shape index (κ2) is 9.79. The molecule has 0 radical (unpaired) electrons. The molecule has 0 saturated carbocycles. The number of rotatable bonds is 6. The van der Waals surface area contributed by atoms with Crippen molar-refractivity contribution in [2.75, 3.05) is 29.9 Å². The van der Waals surface area contributed by atoms with Crippen molar-refractivity contribution >= 4 is 33.3 Å². The van der Waals surface area contributed by atoms with Gasteiger partial charge in [-0.25, -0.2) is 13.2 Å². The number of carbonyl (C=O) groups is 2. The van der Waals surface area contributed by atoms with Gasteiger partial charge in [0.05, 0.1) is 36.3 Å². The maximum atomic E-state index is 13.2. The van der Waals surface area contributed by atoms with Crippen molar-refractivity contribution in [2.24, 2.45) is 0 Å². The molecular formula is C26H26N2O6S. The molecule has 0 aliphatic carbocycles. The zero-order valence-corrected chi connectivity index (χ0v) is 20.5. The van der Waals surface area contributed by atoms with Crippen molar-refractivity contribution in [3.63, 3.8) is 0 Å². The van der Waals surface area contributed by atoms with Gasteiger partial charge in [0.15, 0.2) is 0 Å². The van der Waals surface area contributed by atoms with Crippen LogP contribution >= 0.6 is 0 Å². The van der Waals surface area contributed by atoms with E-state index in [2.05, 4.69) is 0 Å². The maximum absolute atomic E-state index is 13.2. The van der Waals surface area contributed by atoms with Gasteiger partial charge < -0.3 is 14.4 Å². The molecule has 1 aliphatic rings. The van der Waals surface area contributed by atoms with Crippen molar-refractivity contribution in [1.29, 1.82) is 0 Å². The number of ether oxygens (including phenoxy) is 2. The summed E-state index contributed by atoms with van der Waals surface area (Å²) in [5.74, 6) is -0.344. The highest BCUT2D eigenvalue weighted by Gasteiger charge is 2.34. The third kappa shape index (κ3) is 5.00. The zero-order valence-electron chi connectivity index (χ0n) is 19.7. The van der Waals surface area contributed by atoms with Gasteiger partial charge in [0.1, 0.15) is 5.75 Å². The number of esters is 1. The average molecular weight is 495 g/mol. The molecule has 3 aromatic rings. The van der Waals surface area contributed by atoms with E-state index in [9.17, 15) is 18.0 Å². The molecule has 1 atom stereocenters. The Balaban J connectivity index is 1.51. The number of hydrogen-bond acceptors (Lipinski definition) is 6. The van der Waals surface area contributed by atoms with Crippen LogP contribution in [0.1, 0.15) is 11.1 Å². The molecule has 4 rings (SSSR count). The highest BCUT2D eigenvalue weighted by molar-refractivity contribution is 7.92. The van der Waals surface area contributed by atoms with Gasteiger partial charge in [0.25, 0.3) is 10.0 Å². The quantitative estimate of drug-likeness (QED) is 0.488. The minimum atomic E-state index is -3.71. The van der Waals surface area contributed by atoms with Crippen LogP contribution in [0.2, 0.25) is 0 Å². The van der Waals surface area contributed by atoms with Gasteiger partial charge in [-0.1, -0.05) is 42.0 Å². The Kier molecular flexibility index (Phi) is 6.79. The van der Waals surface area contributed by atoms with Crippen molar-refractivity contribution in [3.05, 3.63) is 83.9 Å². The Morgan fingerprint density at radius 1 is 1.03 bits per heavy atom. The van der Waals surface area contributed by atoms with Gasteiger partial charge in [-0.3, -0.25) is 9.10 Å². The Hall–Kier alpha value is -3.85. The lowest BCUT2D eigenvalue weighted by molar-refractivity contribution is -0.148. The van der Waals surface area contributed by atoms with Crippen molar-refractivity contribution in [3.8, 4) is 5.75 Å². The highest BCUT2D eigenvalue weighted by Crippen LogP contribution is 2.34. The summed E-state index contributed by atoms with van der Waals surface area (Å²) in [6, 6.07) is 20.5. The van der Waals surface area contributed by atoms with Crippen LogP contribution in [-0.2, 0) is 30.8 Å².